The maximum absolute atomic E-state index is 5.58. The Balaban J connectivity index is 2.19. The fraction of sp³-hybridized carbons (Fsp3) is 0.200. The summed E-state index contributed by atoms with van der Waals surface area (Å²) in [6.07, 6.45) is 1.98. The summed E-state index contributed by atoms with van der Waals surface area (Å²) in [5.74, 6) is 0. The molecular weight excluding hydrogens is 240 g/mol. The second-order valence-corrected chi connectivity index (χ2v) is 5.20. The highest BCUT2D eigenvalue weighted by Gasteiger charge is 2.11. The molecule has 0 saturated carbocycles. The average Bonchev–Trinajstić information content (AvgIpc) is 2.91. The number of nitrogens with zero attached hydrogens (tertiary/aromatic N) is 3. The fourth-order valence-corrected chi connectivity index (χ4v) is 3.32. The van der Waals surface area contributed by atoms with Crippen molar-refractivity contribution in [3.05, 3.63) is 28.3 Å². The van der Waals surface area contributed by atoms with Gasteiger partial charge in [0.05, 0.1) is 11.4 Å². The third-order valence-corrected chi connectivity index (χ3v) is 4.13. The Bertz CT molecular complexity index is 634. The second-order valence-electron chi connectivity index (χ2n) is 3.50. The highest BCUT2D eigenvalue weighted by atomic mass is 32.1. The largest absolute Gasteiger partial charge is 0.325 e. The van der Waals surface area contributed by atoms with Gasteiger partial charge in [0.1, 0.15) is 5.01 Å². The molecule has 0 saturated heterocycles. The third-order valence-electron chi connectivity index (χ3n) is 2.31. The van der Waals surface area contributed by atoms with E-state index in [1.54, 1.807) is 22.7 Å². The van der Waals surface area contributed by atoms with Crippen molar-refractivity contribution in [3.8, 4) is 10.7 Å². The number of hydrogen-bond donors (Lipinski definition) is 1. The first kappa shape index (κ1) is 9.95. The van der Waals surface area contributed by atoms with Crippen molar-refractivity contribution in [2.24, 2.45) is 5.73 Å². The number of aromatic nitrogens is 3. The van der Waals surface area contributed by atoms with Gasteiger partial charge < -0.3 is 5.73 Å². The summed E-state index contributed by atoms with van der Waals surface area (Å²) in [6, 6.07) is 0. The van der Waals surface area contributed by atoms with Crippen LogP contribution < -0.4 is 5.73 Å². The molecule has 16 heavy (non-hydrogen) atoms. The van der Waals surface area contributed by atoms with Gasteiger partial charge in [-0.25, -0.2) is 9.97 Å². The van der Waals surface area contributed by atoms with Gasteiger partial charge in [-0.2, -0.15) is 0 Å². The summed E-state index contributed by atoms with van der Waals surface area (Å²) < 4.78 is 2.06. The Labute approximate surface area is 100 Å². The Morgan fingerprint density at radius 3 is 2.88 bits per heavy atom. The van der Waals surface area contributed by atoms with E-state index >= 15 is 0 Å². The number of fused-ring (bicyclic) bond motifs is 1. The molecule has 0 spiro atoms. The number of aryl methyl sites for hydroxylation is 1. The van der Waals surface area contributed by atoms with Crippen molar-refractivity contribution in [3.63, 3.8) is 0 Å². The predicted molar refractivity (Wildman–Crippen MR) is 66.8 cm³/mol. The smallest absolute Gasteiger partial charge is 0.194 e. The normalized spacial score (nSPS) is 11.4. The van der Waals surface area contributed by atoms with Gasteiger partial charge in [-0.1, -0.05) is 0 Å². The van der Waals surface area contributed by atoms with Crippen LogP contribution in [0.5, 0.6) is 0 Å². The third kappa shape index (κ3) is 1.46. The van der Waals surface area contributed by atoms with Crippen LogP contribution in [-0.4, -0.2) is 14.4 Å². The first-order chi connectivity index (χ1) is 7.78. The minimum absolute atomic E-state index is 0.477. The molecule has 3 aromatic rings. The number of rotatable bonds is 2. The minimum Gasteiger partial charge on any atom is -0.325 e. The molecule has 0 aromatic carbocycles. The molecular formula is C10H10N4S2. The molecule has 3 rings (SSSR count). The standard InChI is InChI=1S/C10H10N4S2/c1-6-4-15-9(12-6)8-5-16-10-13-7(2-11)3-14(8)10/h3-5H,2,11H2,1H3. The molecule has 0 aliphatic carbocycles. The maximum Gasteiger partial charge on any atom is 0.194 e. The van der Waals surface area contributed by atoms with Crippen LogP contribution in [0.2, 0.25) is 0 Å². The predicted octanol–water partition coefficient (Wildman–Crippen LogP) is 2.29. The lowest BCUT2D eigenvalue weighted by atomic mass is 10.4. The summed E-state index contributed by atoms with van der Waals surface area (Å²) in [5.41, 5.74) is 8.66. The maximum atomic E-state index is 5.58. The number of imidazole rings is 1. The minimum atomic E-state index is 0.477. The lowest BCUT2D eigenvalue weighted by Crippen LogP contribution is -1.95. The zero-order valence-electron chi connectivity index (χ0n) is 8.67. The van der Waals surface area contributed by atoms with Crippen molar-refractivity contribution in [2.45, 2.75) is 13.5 Å². The molecule has 3 heterocycles. The quantitative estimate of drug-likeness (QED) is 0.759. The van der Waals surface area contributed by atoms with Gasteiger partial charge >= 0.3 is 0 Å². The molecule has 2 N–H and O–H groups in total. The van der Waals surface area contributed by atoms with Crippen LogP contribution in [0, 0.1) is 6.92 Å². The number of nitrogens with two attached hydrogens (primary N) is 1. The number of hydrogen-bond acceptors (Lipinski definition) is 5. The zero-order chi connectivity index (χ0) is 11.1. The molecule has 0 unspecified atom stereocenters. The molecule has 0 radical (unpaired) electrons. The molecule has 0 fully saturated rings. The van der Waals surface area contributed by atoms with Crippen molar-refractivity contribution >= 4 is 27.6 Å². The summed E-state index contributed by atoms with van der Waals surface area (Å²) in [4.78, 5) is 9.88. The van der Waals surface area contributed by atoms with E-state index in [0.29, 0.717) is 6.54 Å². The molecule has 4 nitrogen and oxygen atoms in total. The van der Waals surface area contributed by atoms with Gasteiger partial charge in [-0.15, -0.1) is 22.7 Å². The molecule has 0 bridgehead atoms. The van der Waals surface area contributed by atoms with E-state index < -0.39 is 0 Å². The molecule has 3 aromatic heterocycles. The van der Waals surface area contributed by atoms with Crippen LogP contribution >= 0.6 is 22.7 Å². The SMILES string of the molecule is Cc1csc(-c2csc3nc(CN)cn23)n1. The van der Waals surface area contributed by atoms with Gasteiger partial charge in [0.25, 0.3) is 0 Å². The number of thiazole rings is 2. The van der Waals surface area contributed by atoms with E-state index in [1.807, 2.05) is 13.1 Å². The second kappa shape index (κ2) is 3.65. The van der Waals surface area contributed by atoms with Gasteiger partial charge in [0.15, 0.2) is 4.96 Å². The highest BCUT2D eigenvalue weighted by molar-refractivity contribution is 7.16. The topological polar surface area (TPSA) is 56.2 Å². The Kier molecular flexibility index (Phi) is 2.27. The lowest BCUT2D eigenvalue weighted by Gasteiger charge is -1.92. The monoisotopic (exact) mass is 250 g/mol. The fourth-order valence-electron chi connectivity index (χ4n) is 1.55. The van der Waals surface area contributed by atoms with Gasteiger partial charge in [-0.3, -0.25) is 4.40 Å². The van der Waals surface area contributed by atoms with Crippen LogP contribution in [0.25, 0.3) is 15.7 Å². The first-order valence-corrected chi connectivity index (χ1v) is 6.62. The zero-order valence-corrected chi connectivity index (χ0v) is 10.3. The highest BCUT2D eigenvalue weighted by Crippen LogP contribution is 2.28. The molecule has 0 aliphatic rings. The molecule has 6 heteroatoms. The molecule has 0 amide bonds. The first-order valence-electron chi connectivity index (χ1n) is 4.86. The molecule has 82 valence electrons. The lowest BCUT2D eigenvalue weighted by molar-refractivity contribution is 1.02. The summed E-state index contributed by atoms with van der Waals surface area (Å²) in [5, 5.41) is 5.17. The van der Waals surface area contributed by atoms with Gasteiger partial charge in [0.2, 0.25) is 0 Å². The van der Waals surface area contributed by atoms with Crippen molar-refractivity contribution in [1.29, 1.82) is 0 Å². The van der Waals surface area contributed by atoms with Crippen LogP contribution in [0.1, 0.15) is 11.4 Å². The summed E-state index contributed by atoms with van der Waals surface area (Å²) in [6.45, 7) is 2.48. The van der Waals surface area contributed by atoms with Crippen LogP contribution in [0.4, 0.5) is 0 Å². The van der Waals surface area contributed by atoms with Crippen LogP contribution in [-0.2, 0) is 6.54 Å². The van der Waals surface area contributed by atoms with E-state index in [1.165, 1.54) is 0 Å². The van der Waals surface area contributed by atoms with Crippen LogP contribution in [0.15, 0.2) is 17.0 Å². The van der Waals surface area contributed by atoms with Crippen molar-refractivity contribution in [1.82, 2.24) is 14.4 Å². The Morgan fingerprint density at radius 1 is 1.31 bits per heavy atom. The summed E-state index contributed by atoms with van der Waals surface area (Å²) in [7, 11) is 0. The molecule has 0 atom stereocenters. The van der Waals surface area contributed by atoms with Gasteiger partial charge in [-0.05, 0) is 6.92 Å². The van der Waals surface area contributed by atoms with Gasteiger partial charge in [0, 0.05) is 29.2 Å². The average molecular weight is 250 g/mol. The van der Waals surface area contributed by atoms with Crippen molar-refractivity contribution < 1.29 is 0 Å². The molecule has 0 aliphatic heterocycles. The van der Waals surface area contributed by atoms with E-state index in [0.717, 1.165) is 27.1 Å². The Hall–Kier alpha value is -1.24. The van der Waals surface area contributed by atoms with Crippen molar-refractivity contribution in [2.75, 3.05) is 0 Å². The summed E-state index contributed by atoms with van der Waals surface area (Å²) >= 11 is 3.27. The van der Waals surface area contributed by atoms with Crippen LogP contribution in [0.3, 0.4) is 0 Å². The van der Waals surface area contributed by atoms with E-state index in [9.17, 15) is 0 Å². The van der Waals surface area contributed by atoms with E-state index in [-0.39, 0.29) is 0 Å². The van der Waals surface area contributed by atoms with E-state index in [4.69, 9.17) is 5.73 Å². The Morgan fingerprint density at radius 2 is 2.19 bits per heavy atom. The van der Waals surface area contributed by atoms with E-state index in [2.05, 4.69) is 25.1 Å².